The van der Waals surface area contributed by atoms with Crippen LogP contribution in [-0.4, -0.2) is 17.4 Å². The summed E-state index contributed by atoms with van der Waals surface area (Å²) in [6, 6.07) is 6.17. The van der Waals surface area contributed by atoms with Crippen molar-refractivity contribution in [3.63, 3.8) is 0 Å². The minimum atomic E-state index is -0.184. The first-order chi connectivity index (χ1) is 8.74. The van der Waals surface area contributed by atoms with Crippen LogP contribution < -0.4 is 0 Å². The molecule has 0 spiro atoms. The largest absolute Gasteiger partial charge is 0.302 e. The lowest BCUT2D eigenvalue weighted by atomic mass is 10.0. The Labute approximate surface area is 108 Å². The Bertz CT molecular complexity index is 442. The topological polar surface area (TPSA) is 29.5 Å². The average Bonchev–Trinajstić information content (AvgIpc) is 2.39. The molecule has 0 N–H and O–H groups in total. The molecule has 1 unspecified atom stereocenters. The Hall–Kier alpha value is -1.45. The van der Waals surface area contributed by atoms with Gasteiger partial charge in [0.2, 0.25) is 0 Å². The minimum Gasteiger partial charge on any atom is -0.302 e. The summed E-state index contributed by atoms with van der Waals surface area (Å²) in [4.78, 5) is 16.8. The maximum absolute atomic E-state index is 11.1. The van der Waals surface area contributed by atoms with Gasteiger partial charge in [0.25, 0.3) is 0 Å². The Kier molecular flexibility index (Phi) is 4.28. The first-order valence-electron chi connectivity index (χ1n) is 6.28. The lowest BCUT2D eigenvalue weighted by Crippen LogP contribution is -2.38. The molecule has 3 heteroatoms. The van der Waals surface area contributed by atoms with Gasteiger partial charge in [0, 0.05) is 0 Å². The highest BCUT2D eigenvalue weighted by Gasteiger charge is 2.23. The van der Waals surface area contributed by atoms with Gasteiger partial charge < -0.3 is 4.79 Å². The van der Waals surface area contributed by atoms with Crippen LogP contribution in [-0.2, 0) is 22.8 Å². The number of hydrogen-bond acceptors (Lipinski definition) is 3. The fourth-order valence-electron chi connectivity index (χ4n) is 2.19. The van der Waals surface area contributed by atoms with E-state index in [9.17, 15) is 4.79 Å². The average molecular weight is 245 g/mol. The third-order valence-corrected chi connectivity index (χ3v) is 3.27. The normalized spacial score (nSPS) is 16.9. The highest BCUT2D eigenvalue weighted by Crippen LogP contribution is 2.23. The van der Waals surface area contributed by atoms with Crippen molar-refractivity contribution in [2.45, 2.75) is 39.0 Å². The van der Waals surface area contributed by atoms with Gasteiger partial charge in [0.05, 0.1) is 19.2 Å². The highest BCUT2D eigenvalue weighted by atomic mass is 16.7. The molecule has 0 saturated carbocycles. The van der Waals surface area contributed by atoms with Gasteiger partial charge in [-0.25, -0.2) is 0 Å². The summed E-state index contributed by atoms with van der Waals surface area (Å²) in [7, 11) is 0. The fraction of sp³-hybridized carbons (Fsp3) is 0.400. The van der Waals surface area contributed by atoms with Crippen LogP contribution in [0.3, 0.4) is 0 Å². The first kappa shape index (κ1) is 13.0. The van der Waals surface area contributed by atoms with Gasteiger partial charge in [-0.2, -0.15) is 5.06 Å². The van der Waals surface area contributed by atoms with E-state index in [0.717, 1.165) is 19.1 Å². The molecule has 1 aliphatic rings. The van der Waals surface area contributed by atoms with E-state index in [-0.39, 0.29) is 6.04 Å². The maximum Gasteiger partial charge on any atom is 0.139 e. The van der Waals surface area contributed by atoms with Gasteiger partial charge in [0.15, 0.2) is 0 Å². The molecule has 0 fully saturated rings. The molecule has 1 aliphatic heterocycles. The van der Waals surface area contributed by atoms with Crippen LogP contribution in [0.2, 0.25) is 0 Å². The molecule has 2 rings (SSSR count). The Morgan fingerprint density at radius 3 is 3.06 bits per heavy atom. The van der Waals surface area contributed by atoms with Gasteiger partial charge in [-0.05, 0) is 30.9 Å². The summed E-state index contributed by atoms with van der Waals surface area (Å²) < 4.78 is 0. The summed E-state index contributed by atoms with van der Waals surface area (Å²) >= 11 is 0. The van der Waals surface area contributed by atoms with Crippen LogP contribution in [0.25, 0.3) is 0 Å². The molecule has 0 radical (unpaired) electrons. The van der Waals surface area contributed by atoms with E-state index >= 15 is 0 Å². The van der Waals surface area contributed by atoms with Crippen LogP contribution in [0.4, 0.5) is 0 Å². The van der Waals surface area contributed by atoms with Crippen molar-refractivity contribution in [3.05, 3.63) is 47.5 Å². The number of hydroxylamine groups is 2. The number of carbonyl (C=O) groups is 1. The number of fused-ring (bicyclic) bond motifs is 1. The summed E-state index contributed by atoms with van der Waals surface area (Å²) in [6.45, 7) is 6.99. The molecule has 96 valence electrons. The zero-order valence-electron chi connectivity index (χ0n) is 10.8. The SMILES string of the molecule is C=CCCC(C=O)N1Cc2cc(C)ccc2CO1. The molecule has 3 nitrogen and oxygen atoms in total. The van der Waals surface area contributed by atoms with Crippen LogP contribution >= 0.6 is 0 Å². The molecule has 18 heavy (non-hydrogen) atoms. The van der Waals surface area contributed by atoms with Crippen molar-refractivity contribution in [3.8, 4) is 0 Å². The van der Waals surface area contributed by atoms with Gasteiger partial charge >= 0.3 is 0 Å². The van der Waals surface area contributed by atoms with Gasteiger partial charge in [-0.3, -0.25) is 4.84 Å². The molecule has 1 heterocycles. The van der Waals surface area contributed by atoms with Crippen molar-refractivity contribution >= 4 is 6.29 Å². The number of nitrogens with zero attached hydrogens (tertiary/aromatic N) is 1. The predicted molar refractivity (Wildman–Crippen MR) is 70.8 cm³/mol. The Balaban J connectivity index is 2.09. The van der Waals surface area contributed by atoms with E-state index in [1.165, 1.54) is 16.7 Å². The number of hydrogen-bond donors (Lipinski definition) is 0. The van der Waals surface area contributed by atoms with Crippen molar-refractivity contribution in [2.24, 2.45) is 0 Å². The first-order valence-corrected chi connectivity index (χ1v) is 6.28. The zero-order chi connectivity index (χ0) is 13.0. The standard InChI is InChI=1S/C15H19NO2/c1-3-4-5-15(10-17)16-9-14-8-12(2)6-7-13(14)11-18-16/h3,6-8,10,15H,1,4-5,9,11H2,2H3. The molecule has 1 aromatic carbocycles. The Morgan fingerprint density at radius 1 is 1.50 bits per heavy atom. The summed E-state index contributed by atoms with van der Waals surface area (Å²) in [5, 5.41) is 1.79. The lowest BCUT2D eigenvalue weighted by Gasteiger charge is -2.32. The van der Waals surface area contributed by atoms with Crippen LogP contribution in [0.15, 0.2) is 30.9 Å². The van der Waals surface area contributed by atoms with Crippen molar-refractivity contribution < 1.29 is 9.63 Å². The molecular weight excluding hydrogens is 226 g/mol. The summed E-state index contributed by atoms with van der Waals surface area (Å²) in [6.07, 6.45) is 4.38. The molecule has 1 atom stereocenters. The molecular formula is C15H19NO2. The quantitative estimate of drug-likeness (QED) is 0.590. The van der Waals surface area contributed by atoms with Crippen LogP contribution in [0.1, 0.15) is 29.5 Å². The van der Waals surface area contributed by atoms with Crippen LogP contribution in [0, 0.1) is 6.92 Å². The second kappa shape index (κ2) is 5.94. The van der Waals surface area contributed by atoms with E-state index in [2.05, 4.69) is 31.7 Å². The van der Waals surface area contributed by atoms with Crippen molar-refractivity contribution in [2.75, 3.05) is 0 Å². The maximum atomic E-state index is 11.1. The number of allylic oxidation sites excluding steroid dienone is 1. The smallest absolute Gasteiger partial charge is 0.139 e. The molecule has 1 aromatic rings. The number of rotatable bonds is 5. The molecule has 0 bridgehead atoms. The van der Waals surface area contributed by atoms with Gasteiger partial charge in [-0.15, -0.1) is 6.58 Å². The predicted octanol–water partition coefficient (Wildman–Crippen LogP) is 2.78. The summed E-state index contributed by atoms with van der Waals surface area (Å²) in [5.41, 5.74) is 3.71. The third-order valence-electron chi connectivity index (χ3n) is 3.27. The summed E-state index contributed by atoms with van der Waals surface area (Å²) in [5.74, 6) is 0. The zero-order valence-corrected chi connectivity index (χ0v) is 10.8. The van der Waals surface area contributed by atoms with E-state index in [1.54, 1.807) is 5.06 Å². The van der Waals surface area contributed by atoms with Crippen LogP contribution in [0.5, 0.6) is 0 Å². The van der Waals surface area contributed by atoms with E-state index in [0.29, 0.717) is 13.2 Å². The lowest BCUT2D eigenvalue weighted by molar-refractivity contribution is -0.209. The van der Waals surface area contributed by atoms with Gasteiger partial charge in [0.1, 0.15) is 6.29 Å². The number of aldehydes is 1. The van der Waals surface area contributed by atoms with E-state index in [1.807, 2.05) is 6.08 Å². The number of benzene rings is 1. The molecule has 0 aliphatic carbocycles. The van der Waals surface area contributed by atoms with Crippen molar-refractivity contribution in [1.82, 2.24) is 5.06 Å². The highest BCUT2D eigenvalue weighted by molar-refractivity contribution is 5.57. The van der Waals surface area contributed by atoms with Crippen molar-refractivity contribution in [1.29, 1.82) is 0 Å². The molecule has 0 amide bonds. The van der Waals surface area contributed by atoms with Gasteiger partial charge in [-0.1, -0.05) is 29.8 Å². The Morgan fingerprint density at radius 2 is 2.33 bits per heavy atom. The third kappa shape index (κ3) is 2.86. The minimum absolute atomic E-state index is 0.184. The fourth-order valence-corrected chi connectivity index (χ4v) is 2.19. The number of carbonyl (C=O) groups excluding carboxylic acids is 1. The van der Waals surface area contributed by atoms with E-state index in [4.69, 9.17) is 4.84 Å². The molecule has 0 saturated heterocycles. The van der Waals surface area contributed by atoms with E-state index < -0.39 is 0 Å². The monoisotopic (exact) mass is 245 g/mol. The second-order valence-electron chi connectivity index (χ2n) is 4.69. The second-order valence-corrected chi connectivity index (χ2v) is 4.69. The number of aryl methyl sites for hydroxylation is 1. The molecule has 0 aromatic heterocycles.